The number of likely N-dealkylation sites (N-methyl/N-ethyl adjacent to an activating group) is 1. The maximum atomic E-state index is 5.96. The first-order valence-corrected chi connectivity index (χ1v) is 7.46. The van der Waals surface area contributed by atoms with Crippen LogP contribution in [-0.2, 0) is 0 Å². The van der Waals surface area contributed by atoms with Gasteiger partial charge in [-0.25, -0.2) is 0 Å². The average Bonchev–Trinajstić information content (AvgIpc) is 3.01. The van der Waals surface area contributed by atoms with Crippen molar-refractivity contribution < 1.29 is 0 Å². The smallest absolute Gasteiger partial charge is 0.206 e. The van der Waals surface area contributed by atoms with Crippen molar-refractivity contribution in [1.82, 2.24) is 4.90 Å². The highest BCUT2D eigenvalue weighted by Gasteiger charge is 2.35. The van der Waals surface area contributed by atoms with Gasteiger partial charge in [0.05, 0.1) is 17.9 Å². The number of nitrogens with zero attached hydrogens (tertiary/aromatic N) is 4. The zero-order chi connectivity index (χ0) is 14.1. The van der Waals surface area contributed by atoms with Crippen LogP contribution in [0.1, 0.15) is 13.8 Å². The summed E-state index contributed by atoms with van der Waals surface area (Å²) in [5.74, 6) is 1.10. The summed E-state index contributed by atoms with van der Waals surface area (Å²) in [6.45, 7) is 10.5. The van der Waals surface area contributed by atoms with Crippen LogP contribution in [0.3, 0.4) is 0 Å². The lowest BCUT2D eigenvalue weighted by Gasteiger charge is -2.24. The van der Waals surface area contributed by atoms with Crippen LogP contribution in [0.2, 0.25) is 0 Å². The number of hydrogen-bond donors (Lipinski definition) is 1. The van der Waals surface area contributed by atoms with E-state index >= 15 is 0 Å². The molecule has 0 atom stereocenters. The van der Waals surface area contributed by atoms with E-state index in [9.17, 15) is 0 Å². The summed E-state index contributed by atoms with van der Waals surface area (Å²) in [5.41, 5.74) is 9.22. The maximum Gasteiger partial charge on any atom is 0.206 e. The van der Waals surface area contributed by atoms with Gasteiger partial charge in [-0.1, -0.05) is 13.8 Å². The van der Waals surface area contributed by atoms with Gasteiger partial charge in [0.1, 0.15) is 0 Å². The lowest BCUT2D eigenvalue weighted by Crippen LogP contribution is -2.40. The number of aliphatic imine (C=N–C) groups is 1. The van der Waals surface area contributed by atoms with E-state index in [4.69, 9.17) is 5.73 Å². The van der Waals surface area contributed by atoms with E-state index in [-0.39, 0.29) is 24.8 Å². The van der Waals surface area contributed by atoms with Crippen molar-refractivity contribution in [3.8, 4) is 0 Å². The monoisotopic (exact) mass is 345 g/mol. The standard InChI is InChI=1S/C15H23N5.2ClH/c1-3-18(4-2)9-10-20-14-11-12(16)5-6-13(14)19-8-7-17-15(19)20;;/h5-6,11H,3-4,7-10,16H2,1-2H3;2*1H. The van der Waals surface area contributed by atoms with Crippen molar-refractivity contribution in [2.75, 3.05) is 54.8 Å². The van der Waals surface area contributed by atoms with Crippen molar-refractivity contribution in [1.29, 1.82) is 0 Å². The second-order valence-electron chi connectivity index (χ2n) is 5.26. The Labute approximate surface area is 145 Å². The van der Waals surface area contributed by atoms with Crippen molar-refractivity contribution >= 4 is 47.8 Å². The summed E-state index contributed by atoms with van der Waals surface area (Å²) < 4.78 is 0. The highest BCUT2D eigenvalue weighted by atomic mass is 35.5. The molecule has 0 fully saturated rings. The molecule has 0 saturated carbocycles. The van der Waals surface area contributed by atoms with Crippen LogP contribution in [0.5, 0.6) is 0 Å². The molecular formula is C15H25Cl2N5. The Hall–Kier alpha value is -1.17. The fourth-order valence-electron chi connectivity index (χ4n) is 2.99. The molecule has 0 aliphatic carbocycles. The van der Waals surface area contributed by atoms with Gasteiger partial charge >= 0.3 is 0 Å². The quantitative estimate of drug-likeness (QED) is 0.832. The Morgan fingerprint density at radius 2 is 1.91 bits per heavy atom. The van der Waals surface area contributed by atoms with Crippen LogP contribution in [0.25, 0.3) is 0 Å². The van der Waals surface area contributed by atoms with Crippen LogP contribution in [0.4, 0.5) is 17.1 Å². The SMILES string of the molecule is CCN(CC)CCN1C2=NCCN2c2ccc(N)cc21.Cl.Cl. The fourth-order valence-corrected chi connectivity index (χ4v) is 2.99. The molecule has 1 aromatic carbocycles. The van der Waals surface area contributed by atoms with Crippen LogP contribution in [0, 0.1) is 0 Å². The molecule has 5 nitrogen and oxygen atoms in total. The summed E-state index contributed by atoms with van der Waals surface area (Å²) in [4.78, 5) is 11.7. The molecule has 1 aromatic rings. The lowest BCUT2D eigenvalue weighted by molar-refractivity contribution is 0.313. The molecule has 0 amide bonds. The minimum atomic E-state index is 0. The van der Waals surface area contributed by atoms with Gasteiger partial charge in [-0.2, -0.15) is 0 Å². The number of rotatable bonds is 5. The molecule has 0 bridgehead atoms. The Balaban J connectivity index is 0.00000121. The van der Waals surface area contributed by atoms with Gasteiger partial charge in [-0.15, -0.1) is 24.8 Å². The normalized spacial score (nSPS) is 15.1. The maximum absolute atomic E-state index is 5.96. The number of nitrogen functional groups attached to an aromatic ring is 1. The highest BCUT2D eigenvalue weighted by Crippen LogP contribution is 2.39. The predicted molar refractivity (Wildman–Crippen MR) is 100 cm³/mol. The molecule has 2 aliphatic heterocycles. The van der Waals surface area contributed by atoms with E-state index in [1.807, 2.05) is 6.07 Å². The molecule has 7 heteroatoms. The molecule has 3 rings (SSSR count). The second kappa shape index (κ2) is 7.90. The van der Waals surface area contributed by atoms with Crippen LogP contribution < -0.4 is 15.5 Å². The first kappa shape index (κ1) is 18.9. The summed E-state index contributed by atoms with van der Waals surface area (Å²) in [6.07, 6.45) is 0. The van der Waals surface area contributed by atoms with Crippen LogP contribution in [-0.4, -0.2) is 50.1 Å². The van der Waals surface area contributed by atoms with Gasteiger partial charge in [-0.3, -0.25) is 4.99 Å². The van der Waals surface area contributed by atoms with Crippen molar-refractivity contribution in [2.45, 2.75) is 13.8 Å². The number of benzene rings is 1. The Bertz CT molecular complexity index is 531. The Morgan fingerprint density at radius 1 is 1.18 bits per heavy atom. The summed E-state index contributed by atoms with van der Waals surface area (Å²) in [5, 5.41) is 0. The number of nitrogens with two attached hydrogens (primary N) is 1. The number of anilines is 3. The number of fused-ring (bicyclic) bond motifs is 3. The number of hydrogen-bond acceptors (Lipinski definition) is 5. The third-order valence-corrected chi connectivity index (χ3v) is 4.17. The molecule has 0 saturated heterocycles. The van der Waals surface area contributed by atoms with Gasteiger partial charge in [0.2, 0.25) is 5.96 Å². The van der Waals surface area contributed by atoms with E-state index in [1.54, 1.807) is 0 Å². The summed E-state index contributed by atoms with van der Waals surface area (Å²) in [6, 6.07) is 6.16. The third kappa shape index (κ3) is 3.26. The molecule has 0 unspecified atom stereocenters. The second-order valence-corrected chi connectivity index (χ2v) is 5.26. The first-order valence-electron chi connectivity index (χ1n) is 7.46. The minimum Gasteiger partial charge on any atom is -0.399 e. The molecule has 2 heterocycles. The molecule has 0 spiro atoms. The molecule has 0 aromatic heterocycles. The molecule has 2 aliphatic rings. The summed E-state index contributed by atoms with van der Waals surface area (Å²) in [7, 11) is 0. The third-order valence-electron chi connectivity index (χ3n) is 4.17. The average molecular weight is 346 g/mol. The van der Waals surface area contributed by atoms with E-state index in [0.717, 1.165) is 50.9 Å². The lowest BCUT2D eigenvalue weighted by atomic mass is 10.2. The zero-order valence-corrected chi connectivity index (χ0v) is 14.8. The fraction of sp³-hybridized carbons (Fsp3) is 0.533. The molecule has 0 radical (unpaired) electrons. The topological polar surface area (TPSA) is 48.1 Å². The zero-order valence-electron chi connectivity index (χ0n) is 13.2. The van der Waals surface area contributed by atoms with E-state index in [2.05, 4.69) is 45.7 Å². The Kier molecular flexibility index (Phi) is 6.78. The van der Waals surface area contributed by atoms with Gasteiger partial charge < -0.3 is 20.4 Å². The van der Waals surface area contributed by atoms with E-state index < -0.39 is 0 Å². The van der Waals surface area contributed by atoms with Gasteiger partial charge in [0, 0.05) is 25.3 Å². The molecular weight excluding hydrogens is 321 g/mol. The van der Waals surface area contributed by atoms with Crippen molar-refractivity contribution in [3.05, 3.63) is 18.2 Å². The largest absolute Gasteiger partial charge is 0.399 e. The van der Waals surface area contributed by atoms with E-state index in [1.165, 1.54) is 11.4 Å². The molecule has 22 heavy (non-hydrogen) atoms. The molecule has 124 valence electrons. The predicted octanol–water partition coefficient (Wildman–Crippen LogP) is 2.45. The van der Waals surface area contributed by atoms with Crippen molar-refractivity contribution in [3.63, 3.8) is 0 Å². The Morgan fingerprint density at radius 3 is 2.59 bits per heavy atom. The van der Waals surface area contributed by atoms with Crippen LogP contribution >= 0.6 is 24.8 Å². The van der Waals surface area contributed by atoms with Gasteiger partial charge in [-0.05, 0) is 31.3 Å². The van der Waals surface area contributed by atoms with Gasteiger partial charge in [0.25, 0.3) is 0 Å². The highest BCUT2D eigenvalue weighted by molar-refractivity contribution is 6.17. The van der Waals surface area contributed by atoms with Crippen LogP contribution in [0.15, 0.2) is 23.2 Å². The number of guanidine groups is 1. The first-order chi connectivity index (χ1) is 9.74. The van der Waals surface area contributed by atoms with Crippen molar-refractivity contribution in [2.24, 2.45) is 4.99 Å². The summed E-state index contributed by atoms with van der Waals surface area (Å²) >= 11 is 0. The van der Waals surface area contributed by atoms with E-state index in [0.29, 0.717) is 0 Å². The molecule has 2 N–H and O–H groups in total. The minimum absolute atomic E-state index is 0. The van der Waals surface area contributed by atoms with Gasteiger partial charge in [0.15, 0.2) is 0 Å². The number of halogens is 2.